The molecule has 0 aliphatic heterocycles. The van der Waals surface area contributed by atoms with Crippen molar-refractivity contribution in [2.24, 2.45) is 11.8 Å². The molecule has 0 aromatic rings. The maximum Gasteiger partial charge on any atom is 0.303 e. The largest absolute Gasteiger partial charge is 0.481 e. The van der Waals surface area contributed by atoms with Crippen LogP contribution in [0.1, 0.15) is 136 Å². The standard InChI is InChI=1S/C24H48O2/c1-4-5-6-12-15-18-22(2)19-16-13-10-8-7-9-11-14-17-20-23(3)21-24(25)26/h22-23H,4-21H2,1-3H3,(H,25,26). The number of hydrogen-bond donors (Lipinski definition) is 1. The van der Waals surface area contributed by atoms with E-state index in [0.29, 0.717) is 12.3 Å². The normalized spacial score (nSPS) is 13.7. The monoisotopic (exact) mass is 368 g/mol. The van der Waals surface area contributed by atoms with Crippen LogP contribution < -0.4 is 0 Å². The fraction of sp³-hybridized carbons (Fsp3) is 0.958. The summed E-state index contributed by atoms with van der Waals surface area (Å²) in [6, 6.07) is 0. The minimum Gasteiger partial charge on any atom is -0.481 e. The van der Waals surface area contributed by atoms with Crippen molar-refractivity contribution in [3.05, 3.63) is 0 Å². The summed E-state index contributed by atoms with van der Waals surface area (Å²) in [7, 11) is 0. The lowest BCUT2D eigenvalue weighted by Gasteiger charge is -2.11. The van der Waals surface area contributed by atoms with Crippen LogP contribution in [-0.4, -0.2) is 11.1 Å². The minimum atomic E-state index is -0.654. The number of carboxylic acids is 1. The molecule has 0 bridgehead atoms. The molecule has 156 valence electrons. The minimum absolute atomic E-state index is 0.331. The van der Waals surface area contributed by atoms with Crippen molar-refractivity contribution in [2.75, 3.05) is 0 Å². The summed E-state index contributed by atoms with van der Waals surface area (Å²) >= 11 is 0. The first-order valence-corrected chi connectivity index (χ1v) is 11.8. The van der Waals surface area contributed by atoms with Crippen LogP contribution in [0.2, 0.25) is 0 Å². The summed E-state index contributed by atoms with van der Waals surface area (Å²) in [6.07, 6.45) is 23.6. The van der Waals surface area contributed by atoms with Crippen molar-refractivity contribution in [2.45, 2.75) is 136 Å². The molecule has 0 spiro atoms. The van der Waals surface area contributed by atoms with Crippen molar-refractivity contribution < 1.29 is 9.90 Å². The zero-order chi connectivity index (χ0) is 19.5. The Bertz CT molecular complexity index is 301. The molecule has 1 N–H and O–H groups in total. The van der Waals surface area contributed by atoms with Crippen LogP contribution in [0.15, 0.2) is 0 Å². The van der Waals surface area contributed by atoms with Gasteiger partial charge in [0.1, 0.15) is 0 Å². The lowest BCUT2D eigenvalue weighted by atomic mass is 9.96. The average Bonchev–Trinajstić information content (AvgIpc) is 2.58. The Hall–Kier alpha value is -0.530. The third-order valence-electron chi connectivity index (χ3n) is 5.72. The SMILES string of the molecule is CCCCCCCC(C)CCCCCCCCCCCC(C)CC(=O)O. The van der Waals surface area contributed by atoms with Gasteiger partial charge >= 0.3 is 5.97 Å². The summed E-state index contributed by atoms with van der Waals surface area (Å²) in [6.45, 7) is 6.78. The molecule has 2 nitrogen and oxygen atoms in total. The van der Waals surface area contributed by atoms with Crippen LogP contribution in [0.3, 0.4) is 0 Å². The molecule has 0 saturated heterocycles. The first-order chi connectivity index (χ1) is 12.6. The van der Waals surface area contributed by atoms with Crippen molar-refractivity contribution in [1.29, 1.82) is 0 Å². The summed E-state index contributed by atoms with van der Waals surface area (Å²) in [5.74, 6) is 0.616. The Morgan fingerprint density at radius 3 is 1.35 bits per heavy atom. The fourth-order valence-corrected chi connectivity index (χ4v) is 3.86. The predicted molar refractivity (Wildman–Crippen MR) is 115 cm³/mol. The maximum atomic E-state index is 10.6. The van der Waals surface area contributed by atoms with Gasteiger partial charge in [0.25, 0.3) is 0 Å². The second-order valence-electron chi connectivity index (χ2n) is 8.77. The second kappa shape index (κ2) is 19.2. The van der Waals surface area contributed by atoms with Crippen LogP contribution in [0.25, 0.3) is 0 Å². The smallest absolute Gasteiger partial charge is 0.303 e. The number of rotatable bonds is 20. The Labute approximate surface area is 164 Å². The highest BCUT2D eigenvalue weighted by Crippen LogP contribution is 2.19. The van der Waals surface area contributed by atoms with Gasteiger partial charge in [-0.1, -0.05) is 130 Å². The molecule has 0 fully saturated rings. The molecule has 0 rings (SSSR count). The number of aliphatic carboxylic acids is 1. The van der Waals surface area contributed by atoms with E-state index in [0.717, 1.165) is 12.3 Å². The summed E-state index contributed by atoms with van der Waals surface area (Å²) < 4.78 is 0. The van der Waals surface area contributed by atoms with E-state index in [1.165, 1.54) is 103 Å². The number of unbranched alkanes of at least 4 members (excludes halogenated alkanes) is 12. The van der Waals surface area contributed by atoms with Crippen LogP contribution in [-0.2, 0) is 4.79 Å². The average molecular weight is 369 g/mol. The number of carbonyl (C=O) groups is 1. The first-order valence-electron chi connectivity index (χ1n) is 11.8. The van der Waals surface area contributed by atoms with Crippen LogP contribution in [0.5, 0.6) is 0 Å². The topological polar surface area (TPSA) is 37.3 Å². The van der Waals surface area contributed by atoms with Gasteiger partial charge in [-0.25, -0.2) is 0 Å². The van der Waals surface area contributed by atoms with Crippen molar-refractivity contribution >= 4 is 5.97 Å². The van der Waals surface area contributed by atoms with E-state index in [2.05, 4.69) is 20.8 Å². The molecular weight excluding hydrogens is 320 g/mol. The molecule has 2 unspecified atom stereocenters. The second-order valence-corrected chi connectivity index (χ2v) is 8.77. The molecule has 0 aliphatic rings. The van der Waals surface area contributed by atoms with Crippen LogP contribution in [0, 0.1) is 11.8 Å². The van der Waals surface area contributed by atoms with Crippen molar-refractivity contribution in [1.82, 2.24) is 0 Å². The number of hydrogen-bond acceptors (Lipinski definition) is 1. The summed E-state index contributed by atoms with van der Waals surface area (Å²) in [5, 5.41) is 8.74. The highest BCUT2D eigenvalue weighted by molar-refractivity contribution is 5.66. The zero-order valence-corrected chi connectivity index (χ0v) is 18.2. The zero-order valence-electron chi connectivity index (χ0n) is 18.2. The quantitative estimate of drug-likeness (QED) is 0.219. The number of carboxylic acid groups (broad SMARTS) is 1. The maximum absolute atomic E-state index is 10.6. The van der Waals surface area contributed by atoms with Gasteiger partial charge in [-0.15, -0.1) is 0 Å². The van der Waals surface area contributed by atoms with Gasteiger partial charge in [-0.05, 0) is 11.8 Å². The van der Waals surface area contributed by atoms with Gasteiger partial charge in [-0.3, -0.25) is 4.79 Å². The predicted octanol–water partition coefficient (Wildman–Crippen LogP) is 8.38. The van der Waals surface area contributed by atoms with E-state index in [-0.39, 0.29) is 0 Å². The van der Waals surface area contributed by atoms with E-state index in [1.54, 1.807) is 0 Å². The van der Waals surface area contributed by atoms with Gasteiger partial charge in [0.2, 0.25) is 0 Å². The Morgan fingerprint density at radius 2 is 0.962 bits per heavy atom. The van der Waals surface area contributed by atoms with Crippen molar-refractivity contribution in [3.8, 4) is 0 Å². The molecular formula is C24H48O2. The van der Waals surface area contributed by atoms with Gasteiger partial charge < -0.3 is 5.11 Å². The van der Waals surface area contributed by atoms with E-state index in [4.69, 9.17) is 5.11 Å². The molecule has 0 amide bonds. The molecule has 0 aromatic carbocycles. The van der Waals surface area contributed by atoms with Gasteiger partial charge in [0.05, 0.1) is 0 Å². The highest BCUT2D eigenvalue weighted by Gasteiger charge is 2.06. The fourth-order valence-electron chi connectivity index (χ4n) is 3.86. The Balaban J connectivity index is 3.20. The van der Waals surface area contributed by atoms with E-state index >= 15 is 0 Å². The van der Waals surface area contributed by atoms with Gasteiger partial charge in [0.15, 0.2) is 0 Å². The molecule has 0 heterocycles. The first kappa shape index (κ1) is 25.5. The Kier molecular flexibility index (Phi) is 18.8. The lowest BCUT2D eigenvalue weighted by molar-refractivity contribution is -0.138. The van der Waals surface area contributed by atoms with Gasteiger partial charge in [0, 0.05) is 6.42 Å². The third-order valence-corrected chi connectivity index (χ3v) is 5.72. The third kappa shape index (κ3) is 19.8. The van der Waals surface area contributed by atoms with Crippen LogP contribution >= 0.6 is 0 Å². The highest BCUT2D eigenvalue weighted by atomic mass is 16.4. The van der Waals surface area contributed by atoms with E-state index < -0.39 is 5.97 Å². The molecule has 0 radical (unpaired) electrons. The molecule has 0 saturated carbocycles. The molecule has 0 aromatic heterocycles. The Morgan fingerprint density at radius 1 is 0.615 bits per heavy atom. The van der Waals surface area contributed by atoms with E-state index in [1.807, 2.05) is 0 Å². The van der Waals surface area contributed by atoms with Crippen LogP contribution in [0.4, 0.5) is 0 Å². The van der Waals surface area contributed by atoms with Crippen molar-refractivity contribution in [3.63, 3.8) is 0 Å². The molecule has 2 heteroatoms. The lowest BCUT2D eigenvalue weighted by Crippen LogP contribution is -2.03. The summed E-state index contributed by atoms with van der Waals surface area (Å²) in [5.41, 5.74) is 0. The molecule has 0 aliphatic carbocycles. The summed E-state index contributed by atoms with van der Waals surface area (Å²) in [4.78, 5) is 10.6. The molecule has 2 atom stereocenters. The molecule has 26 heavy (non-hydrogen) atoms. The van der Waals surface area contributed by atoms with E-state index in [9.17, 15) is 4.79 Å². The van der Waals surface area contributed by atoms with Gasteiger partial charge in [-0.2, -0.15) is 0 Å².